The molecule has 2 aliphatic rings. The second-order valence-electron chi connectivity index (χ2n) is 5.57. The van der Waals surface area contributed by atoms with E-state index >= 15 is 0 Å². The molecule has 3 nitrogen and oxygen atoms in total. The Hall–Kier alpha value is -0.120. The van der Waals surface area contributed by atoms with Crippen LogP contribution in [0.5, 0.6) is 0 Å². The Kier molecular flexibility index (Phi) is 2.58. The van der Waals surface area contributed by atoms with Gasteiger partial charge in [-0.15, -0.1) is 0 Å². The molecule has 0 spiro atoms. The van der Waals surface area contributed by atoms with Gasteiger partial charge in [0.05, 0.1) is 12.1 Å². The summed E-state index contributed by atoms with van der Waals surface area (Å²) >= 11 is 0. The standard InChI is InChI=1S/C11H22N2O/c1-10(2)3-5-13(8-10)11(7-12)4-6-14-9-11/h3-9,12H2,1-2H3. The minimum atomic E-state index is 0.160. The molecule has 0 aromatic carbocycles. The molecule has 0 saturated carbocycles. The van der Waals surface area contributed by atoms with Crippen molar-refractivity contribution in [1.82, 2.24) is 4.90 Å². The van der Waals surface area contributed by atoms with Crippen LogP contribution in [0.1, 0.15) is 26.7 Å². The van der Waals surface area contributed by atoms with Crippen LogP contribution >= 0.6 is 0 Å². The summed E-state index contributed by atoms with van der Waals surface area (Å²) < 4.78 is 5.51. The van der Waals surface area contributed by atoms with E-state index in [-0.39, 0.29) is 5.54 Å². The van der Waals surface area contributed by atoms with Crippen molar-refractivity contribution in [3.63, 3.8) is 0 Å². The number of nitrogens with two attached hydrogens (primary N) is 1. The van der Waals surface area contributed by atoms with E-state index in [2.05, 4.69) is 18.7 Å². The summed E-state index contributed by atoms with van der Waals surface area (Å²) in [6.07, 6.45) is 2.40. The smallest absolute Gasteiger partial charge is 0.0663 e. The molecule has 14 heavy (non-hydrogen) atoms. The Morgan fingerprint density at radius 2 is 2.14 bits per heavy atom. The molecule has 1 unspecified atom stereocenters. The lowest BCUT2D eigenvalue weighted by atomic mass is 9.92. The number of likely N-dealkylation sites (tertiary alicyclic amines) is 1. The van der Waals surface area contributed by atoms with E-state index in [0.29, 0.717) is 5.41 Å². The minimum absolute atomic E-state index is 0.160. The van der Waals surface area contributed by atoms with E-state index < -0.39 is 0 Å². The van der Waals surface area contributed by atoms with Crippen LogP contribution in [-0.2, 0) is 4.74 Å². The fourth-order valence-electron chi connectivity index (χ4n) is 2.65. The predicted octanol–water partition coefficient (Wildman–Crippen LogP) is 0.836. The molecule has 0 amide bonds. The van der Waals surface area contributed by atoms with E-state index in [9.17, 15) is 0 Å². The van der Waals surface area contributed by atoms with Crippen LogP contribution in [0.2, 0.25) is 0 Å². The normalized spacial score (nSPS) is 37.9. The van der Waals surface area contributed by atoms with Crippen LogP contribution in [0.25, 0.3) is 0 Å². The highest BCUT2D eigenvalue weighted by atomic mass is 16.5. The fraction of sp³-hybridized carbons (Fsp3) is 1.00. The molecule has 1 atom stereocenters. The van der Waals surface area contributed by atoms with Crippen molar-refractivity contribution >= 4 is 0 Å². The van der Waals surface area contributed by atoms with Gasteiger partial charge < -0.3 is 10.5 Å². The van der Waals surface area contributed by atoms with E-state index in [1.54, 1.807) is 0 Å². The molecule has 0 radical (unpaired) electrons. The summed E-state index contributed by atoms with van der Waals surface area (Å²) in [5.41, 5.74) is 6.54. The van der Waals surface area contributed by atoms with E-state index in [0.717, 1.165) is 26.2 Å². The highest BCUT2D eigenvalue weighted by molar-refractivity contribution is 4.99. The third-order valence-corrected chi connectivity index (χ3v) is 3.81. The number of hydrogen-bond donors (Lipinski definition) is 1. The third-order valence-electron chi connectivity index (χ3n) is 3.81. The van der Waals surface area contributed by atoms with Crippen molar-refractivity contribution in [1.29, 1.82) is 0 Å². The molecular weight excluding hydrogens is 176 g/mol. The molecule has 2 fully saturated rings. The number of nitrogens with zero attached hydrogens (tertiary/aromatic N) is 1. The summed E-state index contributed by atoms with van der Waals surface area (Å²) in [6.45, 7) is 9.50. The zero-order chi connectivity index (χ0) is 10.2. The van der Waals surface area contributed by atoms with E-state index in [4.69, 9.17) is 10.5 Å². The van der Waals surface area contributed by atoms with E-state index in [1.165, 1.54) is 19.5 Å². The second-order valence-corrected chi connectivity index (χ2v) is 5.57. The lowest BCUT2D eigenvalue weighted by Gasteiger charge is -2.37. The van der Waals surface area contributed by atoms with Gasteiger partial charge in [0.25, 0.3) is 0 Å². The first-order valence-electron chi connectivity index (χ1n) is 5.61. The fourth-order valence-corrected chi connectivity index (χ4v) is 2.65. The van der Waals surface area contributed by atoms with Gasteiger partial charge in [0.15, 0.2) is 0 Å². The van der Waals surface area contributed by atoms with Crippen LogP contribution in [0.3, 0.4) is 0 Å². The van der Waals surface area contributed by atoms with Gasteiger partial charge in [0, 0.05) is 19.7 Å². The number of hydrogen-bond acceptors (Lipinski definition) is 3. The maximum atomic E-state index is 5.92. The molecular formula is C11H22N2O. The quantitative estimate of drug-likeness (QED) is 0.714. The van der Waals surface area contributed by atoms with Crippen molar-refractivity contribution in [2.75, 3.05) is 32.8 Å². The summed E-state index contributed by atoms with van der Waals surface area (Å²) in [7, 11) is 0. The molecule has 0 aromatic heterocycles. The predicted molar refractivity (Wildman–Crippen MR) is 57.2 cm³/mol. The van der Waals surface area contributed by atoms with Crippen molar-refractivity contribution in [2.45, 2.75) is 32.2 Å². The van der Waals surface area contributed by atoms with Crippen LogP contribution in [0.4, 0.5) is 0 Å². The number of rotatable bonds is 2. The Bertz CT molecular complexity index is 209. The summed E-state index contributed by atoms with van der Waals surface area (Å²) in [5.74, 6) is 0. The molecule has 82 valence electrons. The number of ether oxygens (including phenoxy) is 1. The third kappa shape index (κ3) is 1.69. The monoisotopic (exact) mass is 198 g/mol. The maximum Gasteiger partial charge on any atom is 0.0663 e. The van der Waals surface area contributed by atoms with Gasteiger partial charge in [-0.05, 0) is 24.8 Å². The summed E-state index contributed by atoms with van der Waals surface area (Å²) in [4.78, 5) is 2.56. The Balaban J connectivity index is 2.07. The molecule has 0 aromatic rings. The van der Waals surface area contributed by atoms with Crippen LogP contribution in [0.15, 0.2) is 0 Å². The highest BCUT2D eigenvalue weighted by Crippen LogP contribution is 2.36. The van der Waals surface area contributed by atoms with Crippen molar-refractivity contribution in [3.05, 3.63) is 0 Å². The average Bonchev–Trinajstić information content (AvgIpc) is 2.72. The Labute approximate surface area is 86.6 Å². The molecule has 0 aliphatic carbocycles. The van der Waals surface area contributed by atoms with Crippen molar-refractivity contribution < 1.29 is 4.74 Å². The van der Waals surface area contributed by atoms with E-state index in [1.807, 2.05) is 0 Å². The average molecular weight is 198 g/mol. The van der Waals surface area contributed by atoms with Crippen LogP contribution in [-0.4, -0.2) is 43.3 Å². The van der Waals surface area contributed by atoms with Crippen molar-refractivity contribution in [3.8, 4) is 0 Å². The lowest BCUT2D eigenvalue weighted by molar-refractivity contribution is 0.0842. The zero-order valence-electron chi connectivity index (χ0n) is 9.38. The Morgan fingerprint density at radius 1 is 1.36 bits per heavy atom. The van der Waals surface area contributed by atoms with Gasteiger partial charge in [-0.25, -0.2) is 0 Å². The lowest BCUT2D eigenvalue weighted by Crippen LogP contribution is -2.53. The molecule has 2 N–H and O–H groups in total. The molecule has 0 bridgehead atoms. The molecule has 2 rings (SSSR count). The van der Waals surface area contributed by atoms with Crippen LogP contribution in [0, 0.1) is 5.41 Å². The maximum absolute atomic E-state index is 5.92. The van der Waals surface area contributed by atoms with Gasteiger partial charge in [-0.1, -0.05) is 13.8 Å². The van der Waals surface area contributed by atoms with Gasteiger partial charge in [-0.2, -0.15) is 0 Å². The summed E-state index contributed by atoms with van der Waals surface area (Å²) in [5, 5.41) is 0. The Morgan fingerprint density at radius 3 is 2.57 bits per heavy atom. The van der Waals surface area contributed by atoms with Crippen LogP contribution < -0.4 is 5.73 Å². The summed E-state index contributed by atoms with van der Waals surface area (Å²) in [6, 6.07) is 0. The topological polar surface area (TPSA) is 38.5 Å². The first kappa shape index (κ1) is 10.4. The first-order chi connectivity index (χ1) is 6.58. The largest absolute Gasteiger partial charge is 0.379 e. The first-order valence-corrected chi connectivity index (χ1v) is 5.61. The van der Waals surface area contributed by atoms with Gasteiger partial charge in [0.1, 0.15) is 0 Å². The van der Waals surface area contributed by atoms with Gasteiger partial charge >= 0.3 is 0 Å². The minimum Gasteiger partial charge on any atom is -0.379 e. The highest BCUT2D eigenvalue weighted by Gasteiger charge is 2.44. The SMILES string of the molecule is CC1(C)CCN(C2(CN)CCOC2)C1. The molecule has 2 saturated heterocycles. The molecule has 2 aliphatic heterocycles. The zero-order valence-corrected chi connectivity index (χ0v) is 9.38. The molecule has 2 heterocycles. The second kappa shape index (κ2) is 3.47. The molecule has 3 heteroatoms. The van der Waals surface area contributed by atoms with Crippen molar-refractivity contribution in [2.24, 2.45) is 11.1 Å². The van der Waals surface area contributed by atoms with Gasteiger partial charge in [0.2, 0.25) is 0 Å². The van der Waals surface area contributed by atoms with Gasteiger partial charge in [-0.3, -0.25) is 4.90 Å².